The monoisotopic (exact) mass is 360 g/mol. The number of nitrogens with zero attached hydrogens (tertiary/aromatic N) is 3. The van der Waals surface area contributed by atoms with Gasteiger partial charge in [-0.1, -0.05) is 0 Å². The van der Waals surface area contributed by atoms with Gasteiger partial charge in [-0.15, -0.1) is 0 Å². The molecule has 1 amide bonds. The largest absolute Gasteiger partial charge is 0.352 e. The van der Waals surface area contributed by atoms with Crippen molar-refractivity contribution in [2.75, 3.05) is 60.1 Å². The minimum Gasteiger partial charge on any atom is -0.352 e. The van der Waals surface area contributed by atoms with Gasteiger partial charge in [-0.2, -0.15) is 4.31 Å². The van der Waals surface area contributed by atoms with Gasteiger partial charge in [0.15, 0.2) is 0 Å². The first kappa shape index (κ1) is 19.6. The summed E-state index contributed by atoms with van der Waals surface area (Å²) in [6.45, 7) is 3.73. The van der Waals surface area contributed by atoms with Crippen LogP contribution in [-0.4, -0.2) is 94.6 Å². The number of piperidine rings is 1. The minimum atomic E-state index is -3.22. The quantitative estimate of drug-likeness (QED) is 0.701. The first-order valence-corrected chi connectivity index (χ1v) is 10.6. The van der Waals surface area contributed by atoms with Crippen molar-refractivity contribution in [2.24, 2.45) is 11.8 Å². The molecule has 0 unspecified atom stereocenters. The summed E-state index contributed by atoms with van der Waals surface area (Å²) in [5, 5.41) is 3.11. The average Bonchev–Trinajstić information content (AvgIpc) is 2.83. The van der Waals surface area contributed by atoms with Crippen molar-refractivity contribution in [3.63, 3.8) is 0 Å². The van der Waals surface area contributed by atoms with Crippen molar-refractivity contribution >= 4 is 15.9 Å². The van der Waals surface area contributed by atoms with Crippen LogP contribution in [0.2, 0.25) is 0 Å². The Balaban J connectivity index is 1.91. The summed E-state index contributed by atoms with van der Waals surface area (Å²) < 4.78 is 25.2. The maximum Gasteiger partial charge on any atom is 0.220 e. The van der Waals surface area contributed by atoms with Gasteiger partial charge in [0.1, 0.15) is 0 Å². The van der Waals surface area contributed by atoms with Crippen LogP contribution in [0.5, 0.6) is 0 Å². The first-order valence-electron chi connectivity index (χ1n) is 8.73. The zero-order chi connectivity index (χ0) is 17.9. The second kappa shape index (κ2) is 8.12. The van der Waals surface area contributed by atoms with Gasteiger partial charge in [0.05, 0.1) is 6.26 Å². The predicted octanol–water partition coefficient (Wildman–Crippen LogP) is -0.344. The van der Waals surface area contributed by atoms with Crippen LogP contribution < -0.4 is 5.32 Å². The van der Waals surface area contributed by atoms with Crippen LogP contribution in [0.1, 0.15) is 19.3 Å². The molecule has 2 rings (SSSR count). The highest BCUT2D eigenvalue weighted by Gasteiger charge is 2.38. The van der Waals surface area contributed by atoms with E-state index in [1.807, 2.05) is 19.0 Å². The van der Waals surface area contributed by atoms with Crippen LogP contribution in [-0.2, 0) is 14.8 Å². The number of amides is 1. The number of sulfonamides is 1. The number of hydrogen-bond donors (Lipinski definition) is 1. The molecular formula is C16H32N4O3S. The molecule has 2 heterocycles. The van der Waals surface area contributed by atoms with Crippen molar-refractivity contribution < 1.29 is 13.2 Å². The summed E-state index contributed by atoms with van der Waals surface area (Å²) in [6, 6.07) is -0.0964. The SMILES string of the molecule is CN(C)C[C@@H]1CN(S(C)(=O)=O)C[C@H]1NC(=O)CC1CCN(C)CC1. The molecule has 2 aliphatic heterocycles. The van der Waals surface area contributed by atoms with Crippen molar-refractivity contribution in [1.29, 1.82) is 0 Å². The van der Waals surface area contributed by atoms with E-state index in [4.69, 9.17) is 0 Å². The Hall–Kier alpha value is -0.700. The second-order valence-corrected chi connectivity index (χ2v) is 9.71. The van der Waals surface area contributed by atoms with Gasteiger partial charge in [0.2, 0.25) is 15.9 Å². The van der Waals surface area contributed by atoms with Gasteiger partial charge in [-0.25, -0.2) is 8.42 Å². The fourth-order valence-corrected chi connectivity index (χ4v) is 4.61. The fraction of sp³-hybridized carbons (Fsp3) is 0.938. The fourth-order valence-electron chi connectivity index (χ4n) is 3.71. The van der Waals surface area contributed by atoms with Gasteiger partial charge in [0, 0.05) is 38.0 Å². The maximum absolute atomic E-state index is 12.4. The molecule has 8 heteroatoms. The summed E-state index contributed by atoms with van der Waals surface area (Å²) in [7, 11) is 2.84. The standard InChI is InChI=1S/C16H32N4O3S/c1-18(2)10-14-11-20(24(4,22)23)12-15(14)17-16(21)9-13-5-7-19(3)8-6-13/h13-15H,5-12H2,1-4H3,(H,17,21)/t14-,15-/m1/s1. The van der Waals surface area contributed by atoms with E-state index in [2.05, 4.69) is 17.3 Å². The highest BCUT2D eigenvalue weighted by Crippen LogP contribution is 2.22. The molecule has 2 aliphatic rings. The number of carbonyl (C=O) groups is 1. The Kier molecular flexibility index (Phi) is 6.64. The summed E-state index contributed by atoms with van der Waals surface area (Å²) in [5.74, 6) is 0.644. The zero-order valence-electron chi connectivity index (χ0n) is 15.4. The molecule has 2 fully saturated rings. The average molecular weight is 361 g/mol. The lowest BCUT2D eigenvalue weighted by atomic mass is 9.93. The lowest BCUT2D eigenvalue weighted by molar-refractivity contribution is -0.123. The summed E-state index contributed by atoms with van der Waals surface area (Å²) >= 11 is 0. The van der Waals surface area contributed by atoms with Gasteiger partial charge in [-0.05, 0) is 53.0 Å². The maximum atomic E-state index is 12.4. The molecule has 7 nitrogen and oxygen atoms in total. The van der Waals surface area contributed by atoms with Gasteiger partial charge >= 0.3 is 0 Å². The Morgan fingerprint density at radius 1 is 1.21 bits per heavy atom. The summed E-state index contributed by atoms with van der Waals surface area (Å²) in [6.07, 6.45) is 3.91. The number of rotatable bonds is 6. The minimum absolute atomic E-state index is 0.0636. The van der Waals surface area contributed by atoms with Crippen molar-refractivity contribution in [1.82, 2.24) is 19.4 Å². The molecule has 2 saturated heterocycles. The molecule has 0 radical (unpaired) electrons. The third-order valence-electron chi connectivity index (χ3n) is 5.13. The number of nitrogens with one attached hydrogen (secondary N) is 1. The van der Waals surface area contributed by atoms with Crippen LogP contribution in [0.25, 0.3) is 0 Å². The molecule has 0 bridgehead atoms. The molecule has 1 N–H and O–H groups in total. The van der Waals surface area contributed by atoms with Crippen LogP contribution in [0.15, 0.2) is 0 Å². The van der Waals surface area contributed by atoms with Crippen molar-refractivity contribution in [3.05, 3.63) is 0 Å². The number of hydrogen-bond acceptors (Lipinski definition) is 5. The molecule has 0 aromatic carbocycles. The lowest BCUT2D eigenvalue weighted by Crippen LogP contribution is -2.44. The third kappa shape index (κ3) is 5.68. The van der Waals surface area contributed by atoms with E-state index in [0.717, 1.165) is 32.5 Å². The molecule has 0 saturated carbocycles. The zero-order valence-corrected chi connectivity index (χ0v) is 16.2. The first-order chi connectivity index (χ1) is 11.1. The highest BCUT2D eigenvalue weighted by molar-refractivity contribution is 7.88. The Morgan fingerprint density at radius 2 is 1.83 bits per heavy atom. The van der Waals surface area contributed by atoms with E-state index in [1.54, 1.807) is 0 Å². The van der Waals surface area contributed by atoms with E-state index >= 15 is 0 Å². The van der Waals surface area contributed by atoms with Crippen molar-refractivity contribution in [3.8, 4) is 0 Å². The van der Waals surface area contributed by atoms with Gasteiger partial charge in [0.25, 0.3) is 0 Å². The summed E-state index contributed by atoms with van der Waals surface area (Å²) in [5.41, 5.74) is 0. The topological polar surface area (TPSA) is 73.0 Å². The van der Waals surface area contributed by atoms with E-state index in [1.165, 1.54) is 10.6 Å². The Bertz CT molecular complexity index is 529. The molecule has 0 spiro atoms. The number of carbonyl (C=O) groups excluding carboxylic acids is 1. The molecule has 24 heavy (non-hydrogen) atoms. The van der Waals surface area contributed by atoms with E-state index in [9.17, 15) is 13.2 Å². The number of likely N-dealkylation sites (tertiary alicyclic amines) is 1. The van der Waals surface area contributed by atoms with Crippen LogP contribution >= 0.6 is 0 Å². The van der Waals surface area contributed by atoms with Gasteiger partial charge < -0.3 is 15.1 Å². The smallest absolute Gasteiger partial charge is 0.220 e. The molecule has 0 aromatic rings. The second-order valence-electron chi connectivity index (χ2n) is 7.73. The molecule has 2 atom stereocenters. The molecular weight excluding hydrogens is 328 g/mol. The van der Waals surface area contributed by atoms with Crippen LogP contribution in [0.4, 0.5) is 0 Å². The molecule has 140 valence electrons. The Morgan fingerprint density at radius 3 is 2.38 bits per heavy atom. The third-order valence-corrected chi connectivity index (χ3v) is 6.37. The van der Waals surface area contributed by atoms with E-state index < -0.39 is 10.0 Å². The van der Waals surface area contributed by atoms with Crippen LogP contribution in [0.3, 0.4) is 0 Å². The summed E-state index contributed by atoms with van der Waals surface area (Å²) in [4.78, 5) is 16.8. The van der Waals surface area contributed by atoms with Crippen molar-refractivity contribution in [2.45, 2.75) is 25.3 Å². The molecule has 0 aliphatic carbocycles. The molecule has 0 aromatic heterocycles. The lowest BCUT2D eigenvalue weighted by Gasteiger charge is -2.29. The highest BCUT2D eigenvalue weighted by atomic mass is 32.2. The van der Waals surface area contributed by atoms with Gasteiger partial charge in [-0.3, -0.25) is 4.79 Å². The Labute approximate surface area is 146 Å². The van der Waals surface area contributed by atoms with Crippen LogP contribution in [0, 0.1) is 11.8 Å². The normalized spacial score (nSPS) is 27.7. The van der Waals surface area contributed by atoms with E-state index in [-0.39, 0.29) is 17.9 Å². The van der Waals surface area contributed by atoms with E-state index in [0.29, 0.717) is 25.4 Å². The predicted molar refractivity (Wildman–Crippen MR) is 95.2 cm³/mol.